The van der Waals surface area contributed by atoms with Crippen LogP contribution in [0.25, 0.3) is 11.3 Å². The second-order valence-corrected chi connectivity index (χ2v) is 8.55. The molecule has 7 heteroatoms. The van der Waals surface area contributed by atoms with E-state index >= 15 is 0 Å². The molecule has 0 N–H and O–H groups in total. The van der Waals surface area contributed by atoms with Gasteiger partial charge in [0, 0.05) is 10.4 Å². The van der Waals surface area contributed by atoms with Gasteiger partial charge in [0.15, 0.2) is 6.61 Å². The molecule has 1 aliphatic rings. The van der Waals surface area contributed by atoms with E-state index in [4.69, 9.17) is 9.47 Å². The van der Waals surface area contributed by atoms with Crippen molar-refractivity contribution in [3.8, 4) is 17.0 Å². The number of fused-ring (bicyclic) bond motifs is 1. The molecule has 1 aliphatic heterocycles. The summed E-state index contributed by atoms with van der Waals surface area (Å²) in [5, 5.41) is 0.974. The Kier molecular flexibility index (Phi) is 5.55. The topological polar surface area (TPSA) is 68.7 Å². The highest BCUT2D eigenvalue weighted by atomic mass is 32.1. The SMILES string of the molecule is Cc1nc(-c2ccc3c(c2)N(C(C)C(=O)OCc2ccccc2)C(=O)CO3)c(C)s1. The molecule has 2 heterocycles. The molecular formula is C23H22N2O4S. The summed E-state index contributed by atoms with van der Waals surface area (Å²) in [6, 6.07) is 14.3. The molecule has 154 valence electrons. The van der Waals surface area contributed by atoms with Crippen molar-refractivity contribution in [2.75, 3.05) is 11.5 Å². The van der Waals surface area contributed by atoms with Crippen molar-refractivity contribution in [3.05, 3.63) is 64.0 Å². The maximum atomic E-state index is 12.7. The van der Waals surface area contributed by atoms with Crippen molar-refractivity contribution in [2.24, 2.45) is 0 Å². The monoisotopic (exact) mass is 422 g/mol. The lowest BCUT2D eigenvalue weighted by Crippen LogP contribution is -2.48. The predicted octanol–water partition coefficient (Wildman–Crippen LogP) is 4.28. The van der Waals surface area contributed by atoms with E-state index in [0.29, 0.717) is 11.4 Å². The van der Waals surface area contributed by atoms with Crippen molar-refractivity contribution in [2.45, 2.75) is 33.4 Å². The average molecular weight is 423 g/mol. The standard InChI is InChI=1S/C23H22N2O4S/c1-14(23(27)29-12-17-7-5-4-6-8-17)25-19-11-18(22-15(2)30-16(3)24-22)9-10-20(19)28-13-21(25)26/h4-11,14H,12-13H2,1-3H3. The summed E-state index contributed by atoms with van der Waals surface area (Å²) >= 11 is 1.62. The molecule has 1 atom stereocenters. The van der Waals surface area contributed by atoms with E-state index in [9.17, 15) is 9.59 Å². The third kappa shape index (κ3) is 3.93. The molecule has 0 bridgehead atoms. The fourth-order valence-corrected chi connectivity index (χ4v) is 4.33. The van der Waals surface area contributed by atoms with Crippen LogP contribution in [-0.2, 0) is 20.9 Å². The van der Waals surface area contributed by atoms with E-state index in [-0.39, 0.29) is 19.1 Å². The third-order valence-corrected chi connectivity index (χ3v) is 5.85. The number of nitrogens with zero attached hydrogens (tertiary/aromatic N) is 2. The summed E-state index contributed by atoms with van der Waals surface area (Å²) in [4.78, 5) is 32.5. The minimum atomic E-state index is -0.780. The second-order valence-electron chi connectivity index (χ2n) is 7.14. The molecule has 1 unspecified atom stereocenters. The Balaban J connectivity index is 1.60. The number of ether oxygens (including phenoxy) is 2. The number of rotatable bonds is 5. The number of carbonyl (C=O) groups excluding carboxylic acids is 2. The van der Waals surface area contributed by atoms with E-state index in [2.05, 4.69) is 4.98 Å². The number of carbonyl (C=O) groups is 2. The molecule has 0 spiro atoms. The maximum Gasteiger partial charge on any atom is 0.329 e. The highest BCUT2D eigenvalue weighted by molar-refractivity contribution is 7.11. The Morgan fingerprint density at radius 3 is 2.70 bits per heavy atom. The highest BCUT2D eigenvalue weighted by Gasteiger charge is 2.34. The number of hydrogen-bond donors (Lipinski definition) is 0. The molecule has 1 amide bonds. The Morgan fingerprint density at radius 1 is 1.23 bits per heavy atom. The third-order valence-electron chi connectivity index (χ3n) is 4.97. The first-order chi connectivity index (χ1) is 14.4. The molecule has 4 rings (SSSR count). The molecule has 0 fully saturated rings. The number of anilines is 1. The van der Waals surface area contributed by atoms with Crippen molar-refractivity contribution >= 4 is 28.9 Å². The Labute approximate surface area is 179 Å². The summed E-state index contributed by atoms with van der Waals surface area (Å²) in [6.07, 6.45) is 0. The van der Waals surface area contributed by atoms with E-state index in [1.165, 1.54) is 4.90 Å². The van der Waals surface area contributed by atoms with Crippen LogP contribution >= 0.6 is 11.3 Å². The van der Waals surface area contributed by atoms with E-state index < -0.39 is 12.0 Å². The molecule has 0 saturated heterocycles. The molecule has 2 aromatic carbocycles. The summed E-state index contributed by atoms with van der Waals surface area (Å²) in [5.74, 6) is -0.188. The largest absolute Gasteiger partial charge is 0.482 e. The molecule has 3 aromatic rings. The molecule has 0 aliphatic carbocycles. The van der Waals surface area contributed by atoms with E-state index in [1.54, 1.807) is 18.3 Å². The first-order valence-corrected chi connectivity index (χ1v) is 10.5. The fourth-order valence-electron chi connectivity index (χ4n) is 3.49. The molecule has 6 nitrogen and oxygen atoms in total. The Hall–Kier alpha value is -3.19. The second kappa shape index (κ2) is 8.28. The van der Waals surface area contributed by atoms with Gasteiger partial charge in [0.1, 0.15) is 18.4 Å². The van der Waals surface area contributed by atoms with Gasteiger partial charge in [-0.1, -0.05) is 30.3 Å². The lowest BCUT2D eigenvalue weighted by Gasteiger charge is -2.33. The van der Waals surface area contributed by atoms with Gasteiger partial charge in [-0.15, -0.1) is 11.3 Å². The van der Waals surface area contributed by atoms with Crippen molar-refractivity contribution < 1.29 is 19.1 Å². The van der Waals surface area contributed by atoms with Crippen LogP contribution in [0.1, 0.15) is 22.4 Å². The summed E-state index contributed by atoms with van der Waals surface area (Å²) in [7, 11) is 0. The van der Waals surface area contributed by atoms with Gasteiger partial charge in [0.2, 0.25) is 0 Å². The van der Waals surface area contributed by atoms with Gasteiger partial charge in [0.05, 0.1) is 16.4 Å². The summed E-state index contributed by atoms with van der Waals surface area (Å²) in [5.41, 5.74) is 3.20. The number of thiazole rings is 1. The molecule has 0 saturated carbocycles. The van der Waals surface area contributed by atoms with Crippen LogP contribution in [0.3, 0.4) is 0 Å². The van der Waals surface area contributed by atoms with Gasteiger partial charge in [-0.05, 0) is 44.5 Å². The van der Waals surface area contributed by atoms with Crippen LogP contribution in [0.5, 0.6) is 5.75 Å². The van der Waals surface area contributed by atoms with Crippen LogP contribution in [0.2, 0.25) is 0 Å². The Morgan fingerprint density at radius 2 is 2.00 bits per heavy atom. The number of hydrogen-bond acceptors (Lipinski definition) is 6. The van der Waals surface area contributed by atoms with Crippen molar-refractivity contribution in [3.63, 3.8) is 0 Å². The molecular weight excluding hydrogens is 400 g/mol. The van der Waals surface area contributed by atoms with Gasteiger partial charge < -0.3 is 9.47 Å². The van der Waals surface area contributed by atoms with Crippen molar-refractivity contribution in [1.82, 2.24) is 4.98 Å². The first-order valence-electron chi connectivity index (χ1n) is 9.68. The Bertz CT molecular complexity index is 1090. The minimum absolute atomic E-state index is 0.114. The predicted molar refractivity (Wildman–Crippen MR) is 116 cm³/mol. The lowest BCUT2D eigenvalue weighted by atomic mass is 10.1. The smallest absolute Gasteiger partial charge is 0.329 e. The van der Waals surface area contributed by atoms with Crippen LogP contribution in [0, 0.1) is 13.8 Å². The van der Waals surface area contributed by atoms with Gasteiger partial charge in [0.25, 0.3) is 5.91 Å². The minimum Gasteiger partial charge on any atom is -0.482 e. The van der Waals surface area contributed by atoms with Crippen LogP contribution < -0.4 is 9.64 Å². The number of esters is 1. The number of amides is 1. The lowest BCUT2D eigenvalue weighted by molar-refractivity contribution is -0.147. The van der Waals surface area contributed by atoms with E-state index in [1.807, 2.05) is 62.4 Å². The zero-order chi connectivity index (χ0) is 21.3. The quantitative estimate of drug-likeness (QED) is 0.574. The molecule has 1 aromatic heterocycles. The highest BCUT2D eigenvalue weighted by Crippen LogP contribution is 2.38. The number of aromatic nitrogens is 1. The number of benzene rings is 2. The fraction of sp³-hybridized carbons (Fsp3) is 0.261. The zero-order valence-corrected chi connectivity index (χ0v) is 17.9. The maximum absolute atomic E-state index is 12.7. The van der Waals surface area contributed by atoms with E-state index in [0.717, 1.165) is 26.7 Å². The average Bonchev–Trinajstić information content (AvgIpc) is 3.09. The van der Waals surface area contributed by atoms with Crippen molar-refractivity contribution in [1.29, 1.82) is 0 Å². The van der Waals surface area contributed by atoms with Gasteiger partial charge in [-0.25, -0.2) is 9.78 Å². The van der Waals surface area contributed by atoms with Crippen LogP contribution in [-0.4, -0.2) is 29.5 Å². The summed E-state index contributed by atoms with van der Waals surface area (Å²) in [6.45, 7) is 5.70. The number of aryl methyl sites for hydroxylation is 2. The van der Waals surface area contributed by atoms with Gasteiger partial charge >= 0.3 is 5.97 Å². The van der Waals surface area contributed by atoms with Crippen LogP contribution in [0.4, 0.5) is 5.69 Å². The van der Waals surface area contributed by atoms with Gasteiger partial charge in [-0.2, -0.15) is 0 Å². The first kappa shape index (κ1) is 20.1. The molecule has 0 radical (unpaired) electrons. The zero-order valence-electron chi connectivity index (χ0n) is 17.0. The molecule has 30 heavy (non-hydrogen) atoms. The van der Waals surface area contributed by atoms with Gasteiger partial charge in [-0.3, -0.25) is 9.69 Å². The van der Waals surface area contributed by atoms with Crippen LogP contribution in [0.15, 0.2) is 48.5 Å². The normalized spacial score (nSPS) is 14.1. The summed E-state index contributed by atoms with van der Waals surface area (Å²) < 4.78 is 11.0.